The van der Waals surface area contributed by atoms with Crippen molar-refractivity contribution in [3.63, 3.8) is 0 Å². The minimum Gasteiger partial charge on any atom is -0.465 e. The number of nitrogens with one attached hydrogen (secondary N) is 1. The molecule has 0 aliphatic heterocycles. The second-order valence-electron chi connectivity index (χ2n) is 5.32. The van der Waals surface area contributed by atoms with E-state index in [1.807, 2.05) is 20.8 Å². The molecule has 0 radical (unpaired) electrons. The summed E-state index contributed by atoms with van der Waals surface area (Å²) in [6.07, 6.45) is 0. The van der Waals surface area contributed by atoms with E-state index < -0.39 is 11.4 Å². The largest absolute Gasteiger partial charge is 0.465 e. The van der Waals surface area contributed by atoms with Gasteiger partial charge in [-0.1, -0.05) is 36.7 Å². The Kier molecular flexibility index (Phi) is 4.74. The summed E-state index contributed by atoms with van der Waals surface area (Å²) in [4.78, 5) is 23.7. The maximum absolute atomic E-state index is 12.0. The number of methoxy groups -OCH3 is 1. The molecular weight excluding hydrogens is 310 g/mol. The zero-order valence-corrected chi connectivity index (χ0v) is 13.3. The normalized spacial score (nSPS) is 11.1. The lowest BCUT2D eigenvalue weighted by Gasteiger charge is -2.19. The van der Waals surface area contributed by atoms with Crippen LogP contribution >= 0.6 is 15.9 Å². The molecule has 1 rings (SSSR count). The van der Waals surface area contributed by atoms with Gasteiger partial charge < -0.3 is 10.1 Å². The van der Waals surface area contributed by atoms with Gasteiger partial charge in [-0.25, -0.2) is 4.79 Å². The molecular formula is C14H18BrNO3. The number of halogens is 1. The highest BCUT2D eigenvalue weighted by atomic mass is 79.9. The molecule has 104 valence electrons. The molecule has 0 aromatic heterocycles. The van der Waals surface area contributed by atoms with Crippen LogP contribution in [0.4, 0.5) is 5.69 Å². The Morgan fingerprint density at radius 2 is 1.84 bits per heavy atom. The van der Waals surface area contributed by atoms with E-state index in [1.54, 1.807) is 19.1 Å². The SMILES string of the molecule is COC(=O)c1cc(Br)cc(NC(=O)C(C)(C)C)c1C. The van der Waals surface area contributed by atoms with Crippen LogP contribution in [0.3, 0.4) is 0 Å². The number of ether oxygens (including phenoxy) is 1. The molecule has 1 aromatic rings. The van der Waals surface area contributed by atoms with Crippen molar-refractivity contribution in [3.05, 3.63) is 27.7 Å². The topological polar surface area (TPSA) is 55.4 Å². The Morgan fingerprint density at radius 3 is 2.32 bits per heavy atom. The molecule has 0 atom stereocenters. The first kappa shape index (κ1) is 15.7. The fourth-order valence-electron chi connectivity index (χ4n) is 1.44. The summed E-state index contributed by atoms with van der Waals surface area (Å²) in [5.41, 5.74) is 1.23. The van der Waals surface area contributed by atoms with Gasteiger partial charge in [0.05, 0.1) is 12.7 Å². The molecule has 1 aromatic carbocycles. The third-order valence-electron chi connectivity index (χ3n) is 2.71. The molecule has 4 nitrogen and oxygen atoms in total. The molecule has 19 heavy (non-hydrogen) atoms. The van der Waals surface area contributed by atoms with Gasteiger partial charge in [-0.15, -0.1) is 0 Å². The van der Waals surface area contributed by atoms with E-state index in [9.17, 15) is 9.59 Å². The summed E-state index contributed by atoms with van der Waals surface area (Å²) >= 11 is 3.33. The smallest absolute Gasteiger partial charge is 0.338 e. The molecule has 0 unspecified atom stereocenters. The molecule has 1 amide bonds. The highest BCUT2D eigenvalue weighted by Crippen LogP contribution is 2.27. The van der Waals surface area contributed by atoms with Crippen LogP contribution < -0.4 is 5.32 Å². The van der Waals surface area contributed by atoms with Crippen LogP contribution in [-0.2, 0) is 9.53 Å². The average molecular weight is 328 g/mol. The van der Waals surface area contributed by atoms with Crippen molar-refractivity contribution < 1.29 is 14.3 Å². The predicted octanol–water partition coefficient (Wildman–Crippen LogP) is 3.53. The van der Waals surface area contributed by atoms with Crippen LogP contribution in [-0.4, -0.2) is 19.0 Å². The molecule has 5 heteroatoms. The van der Waals surface area contributed by atoms with Crippen molar-refractivity contribution in [1.82, 2.24) is 0 Å². The summed E-state index contributed by atoms with van der Waals surface area (Å²) < 4.78 is 5.44. The highest BCUT2D eigenvalue weighted by Gasteiger charge is 2.23. The van der Waals surface area contributed by atoms with Crippen LogP contribution in [0.1, 0.15) is 36.7 Å². The van der Waals surface area contributed by atoms with Gasteiger partial charge in [0, 0.05) is 15.6 Å². The first-order valence-electron chi connectivity index (χ1n) is 5.86. The first-order valence-corrected chi connectivity index (χ1v) is 6.66. The predicted molar refractivity (Wildman–Crippen MR) is 78.3 cm³/mol. The van der Waals surface area contributed by atoms with E-state index in [1.165, 1.54) is 7.11 Å². The molecule has 1 N–H and O–H groups in total. The van der Waals surface area contributed by atoms with E-state index in [0.717, 1.165) is 0 Å². The van der Waals surface area contributed by atoms with Gasteiger partial charge >= 0.3 is 5.97 Å². The van der Waals surface area contributed by atoms with Crippen LogP contribution in [0, 0.1) is 12.3 Å². The van der Waals surface area contributed by atoms with E-state index in [-0.39, 0.29) is 5.91 Å². The monoisotopic (exact) mass is 327 g/mol. The second kappa shape index (κ2) is 5.74. The summed E-state index contributed by atoms with van der Waals surface area (Å²) in [5, 5.41) is 2.83. The van der Waals surface area contributed by atoms with E-state index in [0.29, 0.717) is 21.3 Å². The third kappa shape index (κ3) is 3.80. The van der Waals surface area contributed by atoms with Crippen molar-refractivity contribution in [2.45, 2.75) is 27.7 Å². The zero-order chi connectivity index (χ0) is 14.8. The molecule has 0 saturated heterocycles. The van der Waals surface area contributed by atoms with E-state index in [2.05, 4.69) is 21.2 Å². The van der Waals surface area contributed by atoms with Gasteiger partial charge in [0.15, 0.2) is 0 Å². The summed E-state index contributed by atoms with van der Waals surface area (Å²) in [6, 6.07) is 3.44. The number of esters is 1. The van der Waals surface area contributed by atoms with Gasteiger partial charge in [-0.3, -0.25) is 4.79 Å². The lowest BCUT2D eigenvalue weighted by molar-refractivity contribution is -0.123. The van der Waals surface area contributed by atoms with Gasteiger partial charge in [0.2, 0.25) is 5.91 Å². The molecule has 0 aliphatic rings. The van der Waals surface area contributed by atoms with Gasteiger partial charge in [-0.2, -0.15) is 0 Å². The zero-order valence-electron chi connectivity index (χ0n) is 11.8. The standard InChI is InChI=1S/C14H18BrNO3/c1-8-10(12(17)19-5)6-9(15)7-11(8)16-13(18)14(2,3)4/h6-7H,1-5H3,(H,16,18). The lowest BCUT2D eigenvalue weighted by Crippen LogP contribution is -2.28. The Morgan fingerprint density at radius 1 is 1.26 bits per heavy atom. The van der Waals surface area contributed by atoms with Gasteiger partial charge in [0.1, 0.15) is 0 Å². The number of anilines is 1. The number of hydrogen-bond acceptors (Lipinski definition) is 3. The Labute approximate surface area is 121 Å². The van der Waals surface area contributed by atoms with Crippen molar-refractivity contribution in [3.8, 4) is 0 Å². The van der Waals surface area contributed by atoms with E-state index in [4.69, 9.17) is 4.74 Å². The van der Waals surface area contributed by atoms with E-state index >= 15 is 0 Å². The van der Waals surface area contributed by atoms with Crippen molar-refractivity contribution in [2.75, 3.05) is 12.4 Å². The summed E-state index contributed by atoms with van der Waals surface area (Å²) in [7, 11) is 1.33. The molecule has 0 heterocycles. The number of amides is 1. The lowest BCUT2D eigenvalue weighted by atomic mass is 9.95. The summed E-state index contributed by atoms with van der Waals surface area (Å²) in [6.45, 7) is 7.27. The molecule has 0 fully saturated rings. The maximum Gasteiger partial charge on any atom is 0.338 e. The number of carbonyl (C=O) groups excluding carboxylic acids is 2. The van der Waals surface area contributed by atoms with Gasteiger partial charge in [0.25, 0.3) is 0 Å². The molecule has 0 bridgehead atoms. The van der Waals surface area contributed by atoms with Crippen LogP contribution in [0.25, 0.3) is 0 Å². The van der Waals surface area contributed by atoms with Crippen LogP contribution in [0.5, 0.6) is 0 Å². The third-order valence-corrected chi connectivity index (χ3v) is 3.16. The minimum absolute atomic E-state index is 0.107. The maximum atomic E-state index is 12.0. The quantitative estimate of drug-likeness (QED) is 0.845. The Balaban J connectivity index is 3.19. The van der Waals surface area contributed by atoms with Crippen molar-refractivity contribution in [1.29, 1.82) is 0 Å². The number of carbonyl (C=O) groups is 2. The first-order chi connectivity index (χ1) is 8.66. The number of hydrogen-bond donors (Lipinski definition) is 1. The van der Waals surface area contributed by atoms with Crippen LogP contribution in [0.2, 0.25) is 0 Å². The number of rotatable bonds is 2. The highest BCUT2D eigenvalue weighted by molar-refractivity contribution is 9.10. The minimum atomic E-state index is -0.500. The fourth-order valence-corrected chi connectivity index (χ4v) is 1.90. The summed E-state index contributed by atoms with van der Waals surface area (Å²) in [5.74, 6) is -0.533. The fraction of sp³-hybridized carbons (Fsp3) is 0.429. The molecule has 0 aliphatic carbocycles. The Hall–Kier alpha value is -1.36. The Bertz CT molecular complexity index is 518. The van der Waals surface area contributed by atoms with Crippen molar-refractivity contribution >= 4 is 33.5 Å². The van der Waals surface area contributed by atoms with Crippen molar-refractivity contribution in [2.24, 2.45) is 5.41 Å². The van der Waals surface area contributed by atoms with Crippen LogP contribution in [0.15, 0.2) is 16.6 Å². The van der Waals surface area contributed by atoms with Gasteiger partial charge in [-0.05, 0) is 24.6 Å². The second-order valence-corrected chi connectivity index (χ2v) is 6.24. The number of benzene rings is 1. The molecule has 0 saturated carbocycles. The molecule has 0 spiro atoms. The average Bonchev–Trinajstić information content (AvgIpc) is 2.31.